The van der Waals surface area contributed by atoms with Crippen molar-refractivity contribution in [3.63, 3.8) is 0 Å². The molecule has 0 spiro atoms. The summed E-state index contributed by atoms with van der Waals surface area (Å²) in [5.41, 5.74) is 2.79. The van der Waals surface area contributed by atoms with Gasteiger partial charge in [-0.05, 0) is 65.6 Å². The normalized spacial score (nSPS) is 11.2. The zero-order valence-corrected chi connectivity index (χ0v) is 21.6. The van der Waals surface area contributed by atoms with Gasteiger partial charge < -0.3 is 9.73 Å². The molecular formula is C27H16Cl2N4O4S. The first kappa shape index (κ1) is 25.3. The SMILES string of the molecule is O=C(/C=C/c1ccc(Cl)c([N+](=O)[O-])c1)NC(=S)Nc1ccc2oc(-c3cccc4c(Cl)cccc34)nc2c1. The molecule has 0 aliphatic heterocycles. The maximum atomic E-state index is 12.3. The highest BCUT2D eigenvalue weighted by atomic mass is 35.5. The van der Waals surface area contributed by atoms with Crippen LogP contribution in [-0.2, 0) is 4.79 Å². The van der Waals surface area contributed by atoms with Crippen molar-refractivity contribution < 1.29 is 14.1 Å². The Labute approximate surface area is 231 Å². The number of oxazole rings is 1. The van der Waals surface area contributed by atoms with Gasteiger partial charge in [0.2, 0.25) is 11.8 Å². The van der Waals surface area contributed by atoms with Gasteiger partial charge in [-0.15, -0.1) is 0 Å². The molecule has 1 heterocycles. The second-order valence-corrected chi connectivity index (χ2v) is 9.31. The number of amides is 1. The molecule has 0 fully saturated rings. The smallest absolute Gasteiger partial charge is 0.288 e. The van der Waals surface area contributed by atoms with E-state index in [0.717, 1.165) is 16.3 Å². The average Bonchev–Trinajstić information content (AvgIpc) is 3.31. The topological polar surface area (TPSA) is 110 Å². The van der Waals surface area contributed by atoms with E-state index in [1.54, 1.807) is 24.3 Å². The zero-order valence-electron chi connectivity index (χ0n) is 19.3. The maximum Gasteiger partial charge on any atom is 0.288 e. The predicted molar refractivity (Wildman–Crippen MR) is 153 cm³/mol. The molecule has 0 aliphatic carbocycles. The van der Waals surface area contributed by atoms with E-state index in [9.17, 15) is 14.9 Å². The Bertz CT molecular complexity index is 1780. The summed E-state index contributed by atoms with van der Waals surface area (Å²) in [6.07, 6.45) is 2.63. The first-order chi connectivity index (χ1) is 18.3. The highest BCUT2D eigenvalue weighted by molar-refractivity contribution is 7.80. The van der Waals surface area contributed by atoms with Crippen molar-refractivity contribution in [3.05, 3.63) is 105 Å². The number of anilines is 1. The fourth-order valence-electron chi connectivity index (χ4n) is 3.84. The van der Waals surface area contributed by atoms with Crippen LogP contribution >= 0.6 is 35.4 Å². The van der Waals surface area contributed by atoms with Gasteiger partial charge in [-0.25, -0.2) is 4.98 Å². The van der Waals surface area contributed by atoms with E-state index in [1.807, 2.05) is 36.4 Å². The molecule has 2 N–H and O–H groups in total. The summed E-state index contributed by atoms with van der Waals surface area (Å²) >= 11 is 17.4. The number of benzene rings is 4. The van der Waals surface area contributed by atoms with Crippen molar-refractivity contribution in [2.45, 2.75) is 0 Å². The number of nitrogens with one attached hydrogen (secondary N) is 2. The summed E-state index contributed by atoms with van der Waals surface area (Å²) in [4.78, 5) is 27.4. The number of hydrogen-bond acceptors (Lipinski definition) is 6. The standard InChI is InChI=1S/C27H16Cl2N4O4S/c28-20-6-2-3-17-18(20)4-1-5-19(17)26-31-22-14-16(9-11-24(22)37-26)30-27(38)32-25(34)12-8-15-7-10-21(29)23(13-15)33(35)36/h1-14H,(H2,30,32,34,38)/b12-8+. The monoisotopic (exact) mass is 562 g/mol. The van der Waals surface area contributed by atoms with Gasteiger partial charge >= 0.3 is 0 Å². The minimum atomic E-state index is -0.592. The van der Waals surface area contributed by atoms with Crippen molar-refractivity contribution in [2.75, 3.05) is 5.32 Å². The summed E-state index contributed by atoms with van der Waals surface area (Å²) in [5, 5.41) is 19.1. The number of aromatic nitrogens is 1. The van der Waals surface area contributed by atoms with E-state index in [1.165, 1.54) is 24.3 Å². The molecule has 0 bridgehead atoms. The lowest BCUT2D eigenvalue weighted by molar-refractivity contribution is -0.384. The van der Waals surface area contributed by atoms with Crippen LogP contribution in [0, 0.1) is 10.1 Å². The number of fused-ring (bicyclic) bond motifs is 2. The first-order valence-corrected chi connectivity index (χ1v) is 12.3. The van der Waals surface area contributed by atoms with Crippen molar-refractivity contribution in [1.29, 1.82) is 0 Å². The van der Waals surface area contributed by atoms with Crippen molar-refractivity contribution in [2.24, 2.45) is 0 Å². The molecule has 11 heteroatoms. The maximum absolute atomic E-state index is 12.3. The molecule has 0 radical (unpaired) electrons. The van der Waals surface area contributed by atoms with Crippen LogP contribution in [0.15, 0.2) is 83.3 Å². The van der Waals surface area contributed by atoms with Gasteiger partial charge in [-0.2, -0.15) is 0 Å². The summed E-state index contributed by atoms with van der Waals surface area (Å²) < 4.78 is 5.99. The molecule has 0 saturated carbocycles. The van der Waals surface area contributed by atoms with E-state index in [4.69, 9.17) is 39.8 Å². The number of nitrogens with zero attached hydrogens (tertiary/aromatic N) is 2. The van der Waals surface area contributed by atoms with Gasteiger partial charge in [0.15, 0.2) is 10.7 Å². The fourth-order valence-corrected chi connectivity index (χ4v) is 4.48. The van der Waals surface area contributed by atoms with Gasteiger partial charge in [0.1, 0.15) is 10.5 Å². The van der Waals surface area contributed by atoms with E-state index in [-0.39, 0.29) is 15.8 Å². The van der Waals surface area contributed by atoms with Crippen LogP contribution in [0.5, 0.6) is 0 Å². The minimum Gasteiger partial charge on any atom is -0.436 e. The molecule has 1 amide bonds. The lowest BCUT2D eigenvalue weighted by Crippen LogP contribution is -2.32. The third kappa shape index (κ3) is 5.35. The van der Waals surface area contributed by atoms with E-state index in [2.05, 4.69) is 15.6 Å². The molecule has 5 rings (SSSR count). The van der Waals surface area contributed by atoms with Crippen LogP contribution in [0.3, 0.4) is 0 Å². The quantitative estimate of drug-likeness (QED) is 0.0993. The Hall–Kier alpha value is -4.31. The second-order valence-electron chi connectivity index (χ2n) is 8.09. The Morgan fingerprint density at radius 1 is 1.00 bits per heavy atom. The number of hydrogen-bond donors (Lipinski definition) is 2. The van der Waals surface area contributed by atoms with Gasteiger partial charge in [-0.3, -0.25) is 20.2 Å². The lowest BCUT2D eigenvalue weighted by atomic mass is 10.0. The van der Waals surface area contributed by atoms with Crippen LogP contribution in [0.2, 0.25) is 10.0 Å². The third-order valence-electron chi connectivity index (χ3n) is 5.58. The fraction of sp³-hybridized carbons (Fsp3) is 0. The lowest BCUT2D eigenvalue weighted by Gasteiger charge is -2.07. The molecule has 0 aliphatic rings. The van der Waals surface area contributed by atoms with Crippen molar-refractivity contribution >= 4 is 85.8 Å². The number of halogens is 2. The first-order valence-electron chi connectivity index (χ1n) is 11.1. The molecule has 0 unspecified atom stereocenters. The molecule has 5 aromatic rings. The molecule has 0 saturated heterocycles. The highest BCUT2D eigenvalue weighted by Crippen LogP contribution is 2.34. The van der Waals surface area contributed by atoms with E-state index >= 15 is 0 Å². The number of nitro benzene ring substituents is 1. The number of thiocarbonyl (C=S) groups is 1. The molecular weight excluding hydrogens is 547 g/mol. The summed E-state index contributed by atoms with van der Waals surface area (Å²) in [5.74, 6) is -0.0620. The minimum absolute atomic E-state index is 0.0136. The molecule has 38 heavy (non-hydrogen) atoms. The average molecular weight is 563 g/mol. The number of carbonyl (C=O) groups excluding carboxylic acids is 1. The number of rotatable bonds is 5. The van der Waals surface area contributed by atoms with E-state index < -0.39 is 10.8 Å². The van der Waals surface area contributed by atoms with Crippen LogP contribution in [0.4, 0.5) is 11.4 Å². The summed E-state index contributed by atoms with van der Waals surface area (Å²) in [6.45, 7) is 0. The predicted octanol–water partition coefficient (Wildman–Crippen LogP) is 7.39. The number of carbonyl (C=O) groups is 1. The Morgan fingerprint density at radius 2 is 1.79 bits per heavy atom. The molecule has 4 aromatic carbocycles. The largest absolute Gasteiger partial charge is 0.436 e. The summed E-state index contributed by atoms with van der Waals surface area (Å²) in [6, 6.07) is 20.9. The van der Waals surface area contributed by atoms with Gasteiger partial charge in [0.05, 0.1) is 4.92 Å². The van der Waals surface area contributed by atoms with Crippen molar-refractivity contribution in [3.8, 4) is 11.5 Å². The van der Waals surface area contributed by atoms with Crippen LogP contribution in [0.25, 0.3) is 39.4 Å². The Morgan fingerprint density at radius 3 is 2.61 bits per heavy atom. The number of nitro groups is 1. The molecule has 8 nitrogen and oxygen atoms in total. The third-order valence-corrected chi connectivity index (χ3v) is 6.43. The second kappa shape index (κ2) is 10.6. The van der Waals surface area contributed by atoms with Gasteiger partial charge in [-0.1, -0.05) is 53.5 Å². The molecule has 0 atom stereocenters. The van der Waals surface area contributed by atoms with Gasteiger partial charge in [0, 0.05) is 33.8 Å². The Balaban J connectivity index is 1.29. The van der Waals surface area contributed by atoms with E-state index in [0.29, 0.717) is 33.3 Å². The van der Waals surface area contributed by atoms with Crippen LogP contribution in [-0.4, -0.2) is 20.9 Å². The van der Waals surface area contributed by atoms with Gasteiger partial charge in [0.25, 0.3) is 5.69 Å². The molecule has 188 valence electrons. The highest BCUT2D eigenvalue weighted by Gasteiger charge is 2.14. The summed E-state index contributed by atoms with van der Waals surface area (Å²) in [7, 11) is 0. The van der Waals surface area contributed by atoms with Crippen molar-refractivity contribution in [1.82, 2.24) is 10.3 Å². The molecule has 1 aromatic heterocycles. The Kier molecular flexibility index (Phi) is 7.06. The van der Waals surface area contributed by atoms with Crippen LogP contribution < -0.4 is 10.6 Å². The zero-order chi connectivity index (χ0) is 26.8. The van der Waals surface area contributed by atoms with Crippen LogP contribution in [0.1, 0.15) is 5.56 Å².